The largest absolute Gasteiger partial charge is 0.334 e. The van der Waals surface area contributed by atoms with Gasteiger partial charge in [-0.15, -0.1) is 0 Å². The molecule has 0 spiro atoms. The number of carbonyl (C=O) groups is 2. The summed E-state index contributed by atoms with van der Waals surface area (Å²) in [6, 6.07) is 13.9. The molecule has 0 bridgehead atoms. The first-order valence-corrected chi connectivity index (χ1v) is 10.9. The van der Waals surface area contributed by atoms with Crippen molar-refractivity contribution in [2.75, 3.05) is 32.7 Å². The lowest BCUT2D eigenvalue weighted by molar-refractivity contribution is -0.121. The third-order valence-electron chi connectivity index (χ3n) is 4.70. The Bertz CT molecular complexity index is 993. The van der Waals surface area contributed by atoms with E-state index in [2.05, 4.69) is 10.6 Å². The molecule has 3 amide bonds. The van der Waals surface area contributed by atoms with Crippen LogP contribution in [-0.2, 0) is 21.4 Å². The van der Waals surface area contributed by atoms with Crippen LogP contribution in [0.5, 0.6) is 0 Å². The van der Waals surface area contributed by atoms with Gasteiger partial charge in [-0.2, -0.15) is 4.31 Å². The molecule has 1 fully saturated rings. The summed E-state index contributed by atoms with van der Waals surface area (Å²) in [5.74, 6) is -1.27. The maximum Gasteiger partial charge on any atom is 0.321 e. The fourth-order valence-electron chi connectivity index (χ4n) is 3.11. The average Bonchev–Trinajstić information content (AvgIpc) is 2.73. The Hall–Kier alpha value is -2.82. The predicted octanol–water partition coefficient (Wildman–Crippen LogP) is 1.16. The topological polar surface area (TPSA) is 98.8 Å². The number of sulfonamides is 1. The first-order valence-electron chi connectivity index (χ1n) is 9.45. The lowest BCUT2D eigenvalue weighted by Gasteiger charge is -2.33. The van der Waals surface area contributed by atoms with Crippen molar-refractivity contribution in [2.24, 2.45) is 0 Å². The number of benzene rings is 2. The fourth-order valence-corrected chi connectivity index (χ4v) is 4.60. The minimum atomic E-state index is -3.93. The van der Waals surface area contributed by atoms with E-state index < -0.39 is 27.8 Å². The van der Waals surface area contributed by atoms with Crippen molar-refractivity contribution in [1.29, 1.82) is 0 Å². The van der Waals surface area contributed by atoms with E-state index in [1.807, 2.05) is 30.3 Å². The first kappa shape index (κ1) is 21.9. The maximum atomic E-state index is 13.9. The standard InChI is InChI=1S/C20H23FN4O4S/c21-17-8-4-5-9-18(17)30(28,29)25-12-10-24(11-13-25)15-19(26)23-20(27)22-14-16-6-2-1-3-7-16/h1-9H,10-15H2,(H2,22,23,26,27). The van der Waals surface area contributed by atoms with E-state index in [4.69, 9.17) is 0 Å². The number of hydrogen-bond acceptors (Lipinski definition) is 5. The Morgan fingerprint density at radius 3 is 2.23 bits per heavy atom. The summed E-state index contributed by atoms with van der Waals surface area (Å²) in [6.07, 6.45) is 0. The summed E-state index contributed by atoms with van der Waals surface area (Å²) < 4.78 is 40.3. The summed E-state index contributed by atoms with van der Waals surface area (Å²) in [6.45, 7) is 1.12. The van der Waals surface area contributed by atoms with E-state index in [1.165, 1.54) is 22.5 Å². The van der Waals surface area contributed by atoms with E-state index >= 15 is 0 Å². The molecule has 2 aromatic carbocycles. The number of nitrogens with one attached hydrogen (secondary N) is 2. The smallest absolute Gasteiger partial charge is 0.321 e. The van der Waals surface area contributed by atoms with E-state index in [-0.39, 0.29) is 24.5 Å². The zero-order valence-electron chi connectivity index (χ0n) is 16.3. The zero-order chi connectivity index (χ0) is 21.6. The van der Waals surface area contributed by atoms with Crippen LogP contribution in [0.1, 0.15) is 5.56 Å². The summed E-state index contributed by atoms with van der Waals surface area (Å²) in [4.78, 5) is 25.3. The second-order valence-corrected chi connectivity index (χ2v) is 8.73. The Balaban J connectivity index is 1.44. The first-order chi connectivity index (χ1) is 14.4. The van der Waals surface area contributed by atoms with Crippen molar-refractivity contribution in [3.05, 3.63) is 66.0 Å². The summed E-state index contributed by atoms with van der Waals surface area (Å²) in [5.41, 5.74) is 0.910. The highest BCUT2D eigenvalue weighted by Crippen LogP contribution is 2.20. The molecule has 160 valence electrons. The van der Waals surface area contributed by atoms with Crippen LogP contribution in [0.15, 0.2) is 59.5 Å². The van der Waals surface area contributed by atoms with Gasteiger partial charge < -0.3 is 5.32 Å². The van der Waals surface area contributed by atoms with Crippen molar-refractivity contribution in [1.82, 2.24) is 19.8 Å². The molecule has 1 aliphatic heterocycles. The third kappa shape index (κ3) is 5.62. The lowest BCUT2D eigenvalue weighted by Crippen LogP contribution is -2.52. The van der Waals surface area contributed by atoms with Crippen LogP contribution in [0, 0.1) is 5.82 Å². The number of carbonyl (C=O) groups excluding carboxylic acids is 2. The van der Waals surface area contributed by atoms with Gasteiger partial charge >= 0.3 is 6.03 Å². The van der Waals surface area contributed by atoms with Gasteiger partial charge in [0, 0.05) is 32.7 Å². The Morgan fingerprint density at radius 2 is 1.57 bits per heavy atom. The van der Waals surface area contributed by atoms with Crippen LogP contribution >= 0.6 is 0 Å². The predicted molar refractivity (Wildman–Crippen MR) is 108 cm³/mol. The quantitative estimate of drug-likeness (QED) is 0.711. The summed E-state index contributed by atoms with van der Waals surface area (Å²) in [7, 11) is -3.93. The highest BCUT2D eigenvalue weighted by molar-refractivity contribution is 7.89. The minimum absolute atomic E-state index is 0.0354. The van der Waals surface area contributed by atoms with Crippen LogP contribution in [0.2, 0.25) is 0 Å². The van der Waals surface area contributed by atoms with Crippen molar-refractivity contribution in [3.63, 3.8) is 0 Å². The highest BCUT2D eigenvalue weighted by atomic mass is 32.2. The van der Waals surface area contributed by atoms with Gasteiger partial charge in [0.2, 0.25) is 15.9 Å². The maximum absolute atomic E-state index is 13.9. The number of imide groups is 1. The van der Waals surface area contributed by atoms with Gasteiger partial charge in [0.15, 0.2) is 0 Å². The van der Waals surface area contributed by atoms with Gasteiger partial charge in [0.1, 0.15) is 10.7 Å². The normalized spacial score (nSPS) is 15.5. The fraction of sp³-hybridized carbons (Fsp3) is 0.300. The van der Waals surface area contributed by atoms with E-state index in [1.54, 1.807) is 4.90 Å². The molecule has 1 heterocycles. The average molecular weight is 434 g/mol. The monoisotopic (exact) mass is 434 g/mol. The molecule has 0 aromatic heterocycles. The van der Waals surface area contributed by atoms with Gasteiger partial charge in [0.25, 0.3) is 0 Å². The second kappa shape index (κ2) is 9.79. The zero-order valence-corrected chi connectivity index (χ0v) is 17.1. The molecular weight excluding hydrogens is 411 g/mol. The van der Waals surface area contributed by atoms with Crippen molar-refractivity contribution >= 4 is 22.0 Å². The molecule has 2 N–H and O–H groups in total. The number of halogens is 1. The van der Waals surface area contributed by atoms with Gasteiger partial charge in [-0.3, -0.25) is 15.0 Å². The molecule has 8 nitrogen and oxygen atoms in total. The molecule has 3 rings (SSSR count). The Kier molecular flexibility index (Phi) is 7.14. The molecule has 1 saturated heterocycles. The molecule has 1 aliphatic rings. The molecular formula is C20H23FN4O4S. The van der Waals surface area contributed by atoms with Crippen molar-refractivity contribution in [2.45, 2.75) is 11.4 Å². The Morgan fingerprint density at radius 1 is 0.933 bits per heavy atom. The van der Waals surface area contributed by atoms with Crippen LogP contribution in [0.3, 0.4) is 0 Å². The minimum Gasteiger partial charge on any atom is -0.334 e. The molecule has 30 heavy (non-hydrogen) atoms. The number of amides is 3. The van der Waals surface area contributed by atoms with Gasteiger partial charge in [-0.1, -0.05) is 42.5 Å². The molecule has 0 saturated carbocycles. The van der Waals surface area contributed by atoms with Gasteiger partial charge in [-0.05, 0) is 17.7 Å². The second-order valence-electron chi connectivity index (χ2n) is 6.83. The number of piperazine rings is 1. The van der Waals surface area contributed by atoms with Gasteiger partial charge in [-0.25, -0.2) is 17.6 Å². The number of nitrogens with zero attached hydrogens (tertiary/aromatic N) is 2. The van der Waals surface area contributed by atoms with E-state index in [0.29, 0.717) is 19.6 Å². The number of hydrogen-bond donors (Lipinski definition) is 2. The van der Waals surface area contributed by atoms with E-state index in [9.17, 15) is 22.4 Å². The van der Waals surface area contributed by atoms with Crippen LogP contribution < -0.4 is 10.6 Å². The molecule has 0 atom stereocenters. The number of urea groups is 1. The molecule has 0 unspecified atom stereocenters. The van der Waals surface area contributed by atoms with Crippen molar-refractivity contribution < 1.29 is 22.4 Å². The van der Waals surface area contributed by atoms with Crippen LogP contribution in [0.4, 0.5) is 9.18 Å². The lowest BCUT2D eigenvalue weighted by atomic mass is 10.2. The summed E-state index contributed by atoms with van der Waals surface area (Å²) >= 11 is 0. The molecule has 0 aliphatic carbocycles. The molecule has 2 aromatic rings. The molecule has 0 radical (unpaired) electrons. The van der Waals surface area contributed by atoms with Gasteiger partial charge in [0.05, 0.1) is 6.54 Å². The number of rotatable bonds is 6. The molecule has 10 heteroatoms. The van der Waals surface area contributed by atoms with E-state index in [0.717, 1.165) is 11.6 Å². The summed E-state index contributed by atoms with van der Waals surface area (Å²) in [5, 5.41) is 4.87. The Labute approximate surface area is 174 Å². The van der Waals surface area contributed by atoms with Crippen molar-refractivity contribution in [3.8, 4) is 0 Å². The van der Waals surface area contributed by atoms with Crippen LogP contribution in [0.25, 0.3) is 0 Å². The third-order valence-corrected chi connectivity index (χ3v) is 6.63. The van der Waals surface area contributed by atoms with Crippen LogP contribution in [-0.4, -0.2) is 62.3 Å². The SMILES string of the molecule is O=C(CN1CCN(S(=O)(=O)c2ccccc2F)CC1)NC(=O)NCc1ccccc1. The highest BCUT2D eigenvalue weighted by Gasteiger charge is 2.30.